The molecule has 0 radical (unpaired) electrons. The van der Waals surface area contributed by atoms with E-state index in [9.17, 15) is 4.79 Å². The fraction of sp³-hybridized carbons (Fsp3) is 0.217. The molecular formula is C23H25N5O3. The summed E-state index contributed by atoms with van der Waals surface area (Å²) < 4.78 is 12.3. The molecule has 8 heteroatoms. The second kappa shape index (κ2) is 9.71. The molecule has 3 aromatic rings. The number of hydrogen-bond donors (Lipinski definition) is 0. The lowest BCUT2D eigenvalue weighted by Crippen LogP contribution is -2.31. The Kier molecular flexibility index (Phi) is 6.81. The van der Waals surface area contributed by atoms with Crippen molar-refractivity contribution in [2.45, 2.75) is 6.92 Å². The maximum atomic E-state index is 12.9. The number of nitrogens with zero attached hydrogens (tertiary/aromatic N) is 5. The lowest BCUT2D eigenvalue weighted by Gasteiger charge is -2.18. The Bertz CT molecular complexity index is 1100. The third-order valence-electron chi connectivity index (χ3n) is 4.74. The van der Waals surface area contributed by atoms with Crippen LogP contribution in [0.2, 0.25) is 0 Å². The van der Waals surface area contributed by atoms with Crippen molar-refractivity contribution in [1.29, 1.82) is 0 Å². The first-order valence-electron chi connectivity index (χ1n) is 9.65. The van der Waals surface area contributed by atoms with E-state index < -0.39 is 0 Å². The second-order valence-corrected chi connectivity index (χ2v) is 6.65. The lowest BCUT2D eigenvalue weighted by atomic mass is 10.1. The fourth-order valence-electron chi connectivity index (χ4n) is 3.16. The molecule has 1 aromatic carbocycles. The largest absolute Gasteiger partial charge is 0.497 e. The number of aromatic nitrogens is 4. The Morgan fingerprint density at radius 1 is 1.16 bits per heavy atom. The minimum Gasteiger partial charge on any atom is -0.497 e. The average Bonchev–Trinajstić information content (AvgIpc) is 3.19. The summed E-state index contributed by atoms with van der Waals surface area (Å²) >= 11 is 0. The molecule has 1 amide bonds. The van der Waals surface area contributed by atoms with Crippen molar-refractivity contribution in [2.75, 3.05) is 27.3 Å². The van der Waals surface area contributed by atoms with Gasteiger partial charge in [0.15, 0.2) is 0 Å². The summed E-state index contributed by atoms with van der Waals surface area (Å²) in [5, 5.41) is 4.36. The zero-order chi connectivity index (χ0) is 22.4. The molecule has 0 unspecified atom stereocenters. The maximum absolute atomic E-state index is 12.9. The van der Waals surface area contributed by atoms with E-state index in [0.29, 0.717) is 47.5 Å². The summed E-state index contributed by atoms with van der Waals surface area (Å²) in [6.45, 7) is 10.1. The predicted molar refractivity (Wildman–Crippen MR) is 119 cm³/mol. The zero-order valence-corrected chi connectivity index (χ0v) is 17.9. The quantitative estimate of drug-likeness (QED) is 0.494. The number of rotatable bonds is 9. The average molecular weight is 419 g/mol. The molecule has 31 heavy (non-hydrogen) atoms. The van der Waals surface area contributed by atoms with Crippen molar-refractivity contribution in [2.24, 2.45) is 0 Å². The first-order valence-corrected chi connectivity index (χ1v) is 9.65. The molecule has 0 aliphatic heterocycles. The van der Waals surface area contributed by atoms with Crippen LogP contribution in [0.25, 0.3) is 17.2 Å². The summed E-state index contributed by atoms with van der Waals surface area (Å²) in [6, 6.07) is 7.26. The summed E-state index contributed by atoms with van der Waals surface area (Å²) in [7, 11) is 3.20. The molecular weight excluding hydrogens is 394 g/mol. The van der Waals surface area contributed by atoms with Gasteiger partial charge in [-0.05, 0) is 31.2 Å². The van der Waals surface area contributed by atoms with Gasteiger partial charge in [-0.15, -0.1) is 13.2 Å². The van der Waals surface area contributed by atoms with E-state index >= 15 is 0 Å². The molecule has 0 bridgehead atoms. The van der Waals surface area contributed by atoms with Crippen molar-refractivity contribution in [3.63, 3.8) is 0 Å². The number of carbonyl (C=O) groups excluding carboxylic acids is 1. The lowest BCUT2D eigenvalue weighted by molar-refractivity contribution is 0.0790. The number of hydrogen-bond acceptors (Lipinski definition) is 6. The second-order valence-electron chi connectivity index (χ2n) is 6.65. The van der Waals surface area contributed by atoms with Gasteiger partial charge in [0.25, 0.3) is 11.9 Å². The summed E-state index contributed by atoms with van der Waals surface area (Å²) in [5.74, 6) is 1.53. The van der Waals surface area contributed by atoms with E-state index in [0.717, 1.165) is 5.56 Å². The first-order chi connectivity index (χ1) is 15.0. The van der Waals surface area contributed by atoms with Crippen molar-refractivity contribution >= 4 is 5.91 Å². The molecule has 0 N–H and O–H groups in total. The van der Waals surface area contributed by atoms with Crippen LogP contribution >= 0.6 is 0 Å². The summed E-state index contributed by atoms with van der Waals surface area (Å²) in [5.41, 5.74) is 2.51. The van der Waals surface area contributed by atoms with Gasteiger partial charge in [-0.3, -0.25) is 4.79 Å². The fourth-order valence-corrected chi connectivity index (χ4v) is 3.16. The van der Waals surface area contributed by atoms with E-state index in [1.165, 1.54) is 6.20 Å². The molecule has 2 aromatic heterocycles. The Balaban J connectivity index is 2.00. The van der Waals surface area contributed by atoms with E-state index in [4.69, 9.17) is 9.47 Å². The van der Waals surface area contributed by atoms with Crippen LogP contribution in [-0.2, 0) is 0 Å². The van der Waals surface area contributed by atoms with Gasteiger partial charge in [0.2, 0.25) is 0 Å². The van der Waals surface area contributed by atoms with E-state index in [1.807, 2.05) is 25.1 Å². The van der Waals surface area contributed by atoms with Gasteiger partial charge in [0, 0.05) is 24.8 Å². The highest BCUT2D eigenvalue weighted by Gasteiger charge is 2.21. The number of amides is 1. The predicted octanol–water partition coefficient (Wildman–Crippen LogP) is 3.47. The van der Waals surface area contributed by atoms with Crippen molar-refractivity contribution in [1.82, 2.24) is 24.6 Å². The van der Waals surface area contributed by atoms with Gasteiger partial charge in [-0.25, -0.2) is 14.6 Å². The Labute approximate surface area is 181 Å². The SMILES string of the molecule is C=CCN(CC=C)C(=O)c1cnn(-c2nccc(-c3cc(OC)ccc3OC)n2)c1C. The molecule has 8 nitrogen and oxygen atoms in total. The normalized spacial score (nSPS) is 10.4. The summed E-state index contributed by atoms with van der Waals surface area (Å²) in [4.78, 5) is 23.6. The molecule has 0 aliphatic rings. The maximum Gasteiger partial charge on any atom is 0.257 e. The molecule has 2 heterocycles. The third-order valence-corrected chi connectivity index (χ3v) is 4.74. The van der Waals surface area contributed by atoms with Crippen LogP contribution in [0.1, 0.15) is 16.1 Å². The zero-order valence-electron chi connectivity index (χ0n) is 17.9. The molecule has 0 aliphatic carbocycles. The van der Waals surface area contributed by atoms with Crippen molar-refractivity contribution in [3.05, 3.63) is 73.2 Å². The standard InChI is InChI=1S/C23H25N5O3/c1-6-12-27(13-7-2)22(29)19-15-25-28(16(19)3)23-24-11-10-20(26-23)18-14-17(30-4)8-9-21(18)31-5/h6-11,14-15H,1-2,12-13H2,3-5H3. The van der Waals surface area contributed by atoms with Crippen LogP contribution in [0.3, 0.4) is 0 Å². The molecule has 0 fully saturated rings. The Hall–Kier alpha value is -3.94. The number of methoxy groups -OCH3 is 2. The van der Waals surface area contributed by atoms with Crippen LogP contribution in [0.15, 0.2) is 62.0 Å². The van der Waals surface area contributed by atoms with Crippen LogP contribution in [0, 0.1) is 6.92 Å². The smallest absolute Gasteiger partial charge is 0.257 e. The van der Waals surface area contributed by atoms with Crippen molar-refractivity contribution in [3.8, 4) is 28.7 Å². The highest BCUT2D eigenvalue weighted by molar-refractivity contribution is 5.95. The van der Waals surface area contributed by atoms with Crippen LogP contribution in [-0.4, -0.2) is 57.9 Å². The minimum absolute atomic E-state index is 0.158. The van der Waals surface area contributed by atoms with Gasteiger partial charge in [0.05, 0.1) is 37.4 Å². The topological polar surface area (TPSA) is 82.4 Å². The molecule has 0 saturated heterocycles. The van der Waals surface area contributed by atoms with Gasteiger partial charge in [-0.1, -0.05) is 12.2 Å². The molecule has 0 spiro atoms. The van der Waals surface area contributed by atoms with Gasteiger partial charge in [-0.2, -0.15) is 5.10 Å². The van der Waals surface area contributed by atoms with Crippen LogP contribution in [0.5, 0.6) is 11.5 Å². The number of ether oxygens (including phenoxy) is 2. The molecule has 3 rings (SSSR count). The Morgan fingerprint density at radius 2 is 1.90 bits per heavy atom. The van der Waals surface area contributed by atoms with Crippen LogP contribution in [0.4, 0.5) is 0 Å². The van der Waals surface area contributed by atoms with Gasteiger partial charge < -0.3 is 14.4 Å². The third kappa shape index (κ3) is 4.48. The summed E-state index contributed by atoms with van der Waals surface area (Å²) in [6.07, 6.45) is 6.52. The highest BCUT2D eigenvalue weighted by atomic mass is 16.5. The van der Waals surface area contributed by atoms with E-state index in [2.05, 4.69) is 28.2 Å². The van der Waals surface area contributed by atoms with E-state index in [-0.39, 0.29) is 5.91 Å². The monoisotopic (exact) mass is 419 g/mol. The number of carbonyl (C=O) groups is 1. The molecule has 0 saturated carbocycles. The van der Waals surface area contributed by atoms with Crippen molar-refractivity contribution < 1.29 is 14.3 Å². The van der Waals surface area contributed by atoms with Crippen LogP contribution < -0.4 is 9.47 Å². The van der Waals surface area contributed by atoms with E-state index in [1.54, 1.807) is 48.2 Å². The van der Waals surface area contributed by atoms with Gasteiger partial charge in [0.1, 0.15) is 11.5 Å². The first kappa shape index (κ1) is 21.8. The molecule has 0 atom stereocenters. The number of benzene rings is 1. The Morgan fingerprint density at radius 3 is 2.55 bits per heavy atom. The minimum atomic E-state index is -0.158. The van der Waals surface area contributed by atoms with Gasteiger partial charge >= 0.3 is 0 Å². The highest BCUT2D eigenvalue weighted by Crippen LogP contribution is 2.32. The molecule has 160 valence electrons.